The van der Waals surface area contributed by atoms with E-state index < -0.39 is 12.1 Å². The van der Waals surface area contributed by atoms with Crippen LogP contribution in [0.25, 0.3) is 0 Å². The number of amides is 1. The predicted molar refractivity (Wildman–Crippen MR) is 34.9 cm³/mol. The van der Waals surface area contributed by atoms with E-state index in [2.05, 4.69) is 5.32 Å². The van der Waals surface area contributed by atoms with E-state index in [-0.39, 0.29) is 6.17 Å². The van der Waals surface area contributed by atoms with Gasteiger partial charge >= 0.3 is 0 Å². The summed E-state index contributed by atoms with van der Waals surface area (Å²) in [4.78, 5) is 10.7. The van der Waals surface area contributed by atoms with Crippen LogP contribution < -0.4 is 11.1 Å². The number of halogens is 1. The Balaban J connectivity index is 2.49. The van der Waals surface area contributed by atoms with Gasteiger partial charge in [0.1, 0.15) is 0 Å². The second-order valence-corrected chi connectivity index (χ2v) is 2.51. The van der Waals surface area contributed by atoms with Crippen LogP contribution in [0.4, 0.5) is 4.39 Å². The number of carbonyl (C=O) groups is 1. The van der Waals surface area contributed by atoms with Gasteiger partial charge in [-0.15, -0.1) is 0 Å². The fourth-order valence-electron chi connectivity index (χ4n) is 0.993. The van der Waals surface area contributed by atoms with Crippen molar-refractivity contribution < 1.29 is 9.18 Å². The lowest BCUT2D eigenvalue weighted by Crippen LogP contribution is -2.42. The highest BCUT2D eigenvalue weighted by atomic mass is 19.1. The highest BCUT2D eigenvalue weighted by Gasteiger charge is 2.22. The van der Waals surface area contributed by atoms with Gasteiger partial charge in [0.15, 0.2) is 6.17 Å². The number of rotatable bonds is 0. The molecule has 1 saturated heterocycles. The zero-order valence-corrected chi connectivity index (χ0v) is 5.64. The lowest BCUT2D eigenvalue weighted by Gasteiger charge is -2.08. The topological polar surface area (TPSA) is 55.1 Å². The van der Waals surface area contributed by atoms with Crippen molar-refractivity contribution in [1.29, 1.82) is 0 Å². The molecule has 0 bridgehead atoms. The average Bonchev–Trinajstić information content (AvgIpc) is 1.96. The van der Waals surface area contributed by atoms with Gasteiger partial charge in [0, 0.05) is 0 Å². The molecule has 58 valence electrons. The third-order valence-electron chi connectivity index (χ3n) is 1.58. The minimum Gasteiger partial charge on any atom is -0.338 e. The van der Waals surface area contributed by atoms with E-state index in [0.717, 1.165) is 0 Å². The van der Waals surface area contributed by atoms with Crippen molar-refractivity contribution in [1.82, 2.24) is 5.32 Å². The van der Waals surface area contributed by atoms with E-state index in [9.17, 15) is 9.18 Å². The first-order valence-electron chi connectivity index (χ1n) is 3.40. The van der Waals surface area contributed by atoms with Gasteiger partial charge in [0.05, 0.1) is 6.17 Å². The number of nitrogens with two attached hydrogens (primary N) is 1. The molecule has 3 nitrogen and oxygen atoms in total. The number of hydrogen-bond acceptors (Lipinski definition) is 2. The van der Waals surface area contributed by atoms with Crippen molar-refractivity contribution in [2.45, 2.75) is 31.6 Å². The van der Waals surface area contributed by atoms with Gasteiger partial charge in [-0.1, -0.05) is 0 Å². The number of alkyl halides is 1. The maximum absolute atomic E-state index is 12.5. The van der Waals surface area contributed by atoms with Crippen LogP contribution >= 0.6 is 0 Å². The molecule has 10 heavy (non-hydrogen) atoms. The van der Waals surface area contributed by atoms with Gasteiger partial charge in [-0.25, -0.2) is 4.39 Å². The highest BCUT2D eigenvalue weighted by molar-refractivity contribution is 5.81. The molecule has 0 aliphatic carbocycles. The molecule has 0 radical (unpaired) electrons. The Hall–Kier alpha value is -0.640. The van der Waals surface area contributed by atoms with Crippen molar-refractivity contribution in [3.63, 3.8) is 0 Å². The van der Waals surface area contributed by atoms with Crippen molar-refractivity contribution in [2.75, 3.05) is 0 Å². The molecule has 1 fully saturated rings. The lowest BCUT2D eigenvalue weighted by atomic mass is 10.2. The smallest absolute Gasteiger partial charge is 0.255 e. The summed E-state index contributed by atoms with van der Waals surface area (Å²) in [5.41, 5.74) is 5.39. The van der Waals surface area contributed by atoms with E-state index >= 15 is 0 Å². The summed E-state index contributed by atoms with van der Waals surface area (Å²) in [5.74, 6) is -0.565. The number of carbonyl (C=O) groups excluding carboxylic acids is 1. The molecule has 0 aromatic heterocycles. The molecule has 1 heterocycles. The van der Waals surface area contributed by atoms with Gasteiger partial charge in [-0.3, -0.25) is 4.79 Å². The maximum atomic E-state index is 12.5. The third kappa shape index (κ3) is 1.67. The van der Waals surface area contributed by atoms with Crippen molar-refractivity contribution in [3.8, 4) is 0 Å². The van der Waals surface area contributed by atoms with Crippen LogP contribution in [0.5, 0.6) is 0 Å². The zero-order valence-electron chi connectivity index (χ0n) is 5.64. The Morgan fingerprint density at radius 2 is 2.30 bits per heavy atom. The molecular weight excluding hydrogens is 135 g/mol. The van der Waals surface area contributed by atoms with Gasteiger partial charge in [0.2, 0.25) is 0 Å². The fourth-order valence-corrected chi connectivity index (χ4v) is 0.993. The molecule has 2 atom stereocenters. The monoisotopic (exact) mass is 146 g/mol. The van der Waals surface area contributed by atoms with Gasteiger partial charge in [0.25, 0.3) is 5.91 Å². The van der Waals surface area contributed by atoms with Crippen LogP contribution in [0.15, 0.2) is 0 Å². The first-order chi connectivity index (χ1) is 4.70. The molecule has 4 heteroatoms. The Bertz CT molecular complexity index is 140. The van der Waals surface area contributed by atoms with Gasteiger partial charge in [-0.2, -0.15) is 0 Å². The summed E-state index contributed by atoms with van der Waals surface area (Å²) < 4.78 is 12.5. The quantitative estimate of drug-likeness (QED) is 0.501. The summed E-state index contributed by atoms with van der Waals surface area (Å²) in [5, 5.41) is 2.36. The summed E-state index contributed by atoms with van der Waals surface area (Å²) in [6.07, 6.45) is -0.0472. The normalized spacial score (nSPS) is 34.8. The van der Waals surface area contributed by atoms with Crippen LogP contribution in [0.3, 0.4) is 0 Å². The zero-order chi connectivity index (χ0) is 7.56. The first-order valence-corrected chi connectivity index (χ1v) is 3.40. The molecule has 1 amide bonds. The van der Waals surface area contributed by atoms with Crippen LogP contribution in [0, 0.1) is 0 Å². The average molecular weight is 146 g/mol. The fraction of sp³-hybridized carbons (Fsp3) is 0.833. The van der Waals surface area contributed by atoms with E-state index in [0.29, 0.717) is 19.3 Å². The van der Waals surface area contributed by atoms with E-state index in [1.165, 1.54) is 0 Å². The summed E-state index contributed by atoms with van der Waals surface area (Å²) >= 11 is 0. The molecule has 0 spiro atoms. The van der Waals surface area contributed by atoms with Crippen molar-refractivity contribution in [3.05, 3.63) is 0 Å². The molecule has 1 rings (SSSR count). The SMILES string of the molecule is NC1CCCC(F)C(=O)N1. The van der Waals surface area contributed by atoms with Gasteiger partial charge in [-0.05, 0) is 19.3 Å². The summed E-state index contributed by atoms with van der Waals surface area (Å²) in [6, 6.07) is 0. The molecule has 1 aliphatic heterocycles. The Morgan fingerprint density at radius 1 is 1.60 bits per heavy atom. The molecule has 0 aromatic carbocycles. The second-order valence-electron chi connectivity index (χ2n) is 2.51. The largest absolute Gasteiger partial charge is 0.338 e. The van der Waals surface area contributed by atoms with E-state index in [4.69, 9.17) is 5.73 Å². The van der Waals surface area contributed by atoms with Crippen LogP contribution in [-0.4, -0.2) is 18.2 Å². The third-order valence-corrected chi connectivity index (χ3v) is 1.58. The molecule has 0 saturated carbocycles. The van der Waals surface area contributed by atoms with Crippen LogP contribution in [-0.2, 0) is 4.79 Å². The number of hydrogen-bond donors (Lipinski definition) is 2. The molecule has 0 aromatic rings. The number of nitrogens with one attached hydrogen (secondary N) is 1. The highest BCUT2D eigenvalue weighted by Crippen LogP contribution is 2.09. The molecule has 3 N–H and O–H groups in total. The molecule has 1 aliphatic rings. The van der Waals surface area contributed by atoms with Crippen molar-refractivity contribution in [2.24, 2.45) is 5.73 Å². The predicted octanol–water partition coefficient (Wildman–Crippen LogP) is -0.0906. The molecule has 2 unspecified atom stereocenters. The Morgan fingerprint density at radius 3 is 3.00 bits per heavy atom. The molecular formula is C6H11FN2O. The van der Waals surface area contributed by atoms with E-state index in [1.807, 2.05) is 0 Å². The van der Waals surface area contributed by atoms with Crippen LogP contribution in [0.2, 0.25) is 0 Å². The van der Waals surface area contributed by atoms with Crippen molar-refractivity contribution >= 4 is 5.91 Å². The lowest BCUT2D eigenvalue weighted by molar-refractivity contribution is -0.126. The Kier molecular flexibility index (Phi) is 2.21. The standard InChI is InChI=1S/C6H11FN2O/c7-4-2-1-3-5(8)9-6(4)10/h4-5H,1-3,8H2,(H,9,10). The second kappa shape index (κ2) is 2.96. The van der Waals surface area contributed by atoms with E-state index in [1.54, 1.807) is 0 Å². The maximum Gasteiger partial charge on any atom is 0.255 e. The van der Waals surface area contributed by atoms with Gasteiger partial charge < -0.3 is 11.1 Å². The summed E-state index contributed by atoms with van der Waals surface area (Å²) in [6.45, 7) is 0. The minimum atomic E-state index is -1.35. The summed E-state index contributed by atoms with van der Waals surface area (Å²) in [7, 11) is 0. The van der Waals surface area contributed by atoms with Crippen LogP contribution in [0.1, 0.15) is 19.3 Å². The Labute approximate surface area is 58.8 Å². The first kappa shape index (κ1) is 7.47. The minimum absolute atomic E-state index is 0.305.